The molecule has 4 rings (SSSR count). The maximum absolute atomic E-state index is 5.66. The summed E-state index contributed by atoms with van der Waals surface area (Å²) >= 11 is 0. The average Bonchev–Trinajstić information content (AvgIpc) is 3.38. The third-order valence-corrected chi connectivity index (χ3v) is 6.43. The molecule has 1 spiro atoms. The third kappa shape index (κ3) is 2.73. The van der Waals surface area contributed by atoms with Crippen LogP contribution in [0.1, 0.15) is 64.1 Å². The summed E-state index contributed by atoms with van der Waals surface area (Å²) < 4.78 is 5.66. The van der Waals surface area contributed by atoms with Gasteiger partial charge in [0.2, 0.25) is 5.88 Å². The standard InChI is InChI=1S/C24H31N3O/c1-7-8-9-12-27-14-16(4)22-24(27)13-19(24)17(5)21(26-22)18-10-11-20(15(2)3)25-23(18)28-6/h7,10-11,14-15,19H,1,8-9,12-13H2,2-6H3. The third-order valence-electron chi connectivity index (χ3n) is 6.43. The van der Waals surface area contributed by atoms with Crippen molar-refractivity contribution in [1.29, 1.82) is 0 Å². The van der Waals surface area contributed by atoms with Gasteiger partial charge in [-0.05, 0) is 62.3 Å². The van der Waals surface area contributed by atoms with E-state index in [0.717, 1.165) is 42.8 Å². The second-order valence-corrected chi connectivity index (χ2v) is 8.56. The number of rotatable bonds is 7. The van der Waals surface area contributed by atoms with Crippen molar-refractivity contribution in [2.24, 2.45) is 10.9 Å². The lowest BCUT2D eigenvalue weighted by Gasteiger charge is -2.30. The fraction of sp³-hybridized carbons (Fsp3) is 0.500. The van der Waals surface area contributed by atoms with E-state index in [1.807, 2.05) is 6.08 Å². The number of ether oxygens (including phenoxy) is 1. The van der Waals surface area contributed by atoms with Gasteiger partial charge in [-0.3, -0.25) is 0 Å². The van der Waals surface area contributed by atoms with Gasteiger partial charge in [-0.2, -0.15) is 0 Å². The molecule has 1 saturated carbocycles. The molecule has 2 aliphatic heterocycles. The molecule has 0 N–H and O–H groups in total. The van der Waals surface area contributed by atoms with E-state index in [-0.39, 0.29) is 5.54 Å². The lowest BCUT2D eigenvalue weighted by atomic mass is 9.93. The molecule has 0 aromatic carbocycles. The molecule has 2 unspecified atom stereocenters. The van der Waals surface area contributed by atoms with Crippen molar-refractivity contribution >= 4 is 11.4 Å². The van der Waals surface area contributed by atoms with E-state index < -0.39 is 0 Å². The molecule has 1 aliphatic carbocycles. The minimum atomic E-state index is 0.0946. The summed E-state index contributed by atoms with van der Waals surface area (Å²) in [5.41, 5.74) is 7.09. The summed E-state index contributed by atoms with van der Waals surface area (Å²) in [5.74, 6) is 1.58. The zero-order valence-electron chi connectivity index (χ0n) is 17.7. The Balaban J connectivity index is 1.71. The van der Waals surface area contributed by atoms with Crippen molar-refractivity contribution in [1.82, 2.24) is 9.88 Å². The SMILES string of the molecule is C=CCCCN1C=C(C)C2=NC(c3ccc(C(C)C)nc3OC)=C(C)C3CC231. The molecule has 2 atom stereocenters. The Morgan fingerprint density at radius 3 is 2.82 bits per heavy atom. The van der Waals surface area contributed by atoms with E-state index >= 15 is 0 Å². The summed E-state index contributed by atoms with van der Waals surface area (Å²) in [4.78, 5) is 12.5. The highest BCUT2D eigenvalue weighted by atomic mass is 16.5. The molecule has 28 heavy (non-hydrogen) atoms. The predicted molar refractivity (Wildman–Crippen MR) is 116 cm³/mol. The van der Waals surface area contributed by atoms with Crippen LogP contribution in [0.5, 0.6) is 5.88 Å². The van der Waals surface area contributed by atoms with Crippen molar-refractivity contribution < 1.29 is 4.74 Å². The first-order valence-corrected chi connectivity index (χ1v) is 10.4. The molecule has 1 aromatic rings. The zero-order chi connectivity index (χ0) is 20.1. The van der Waals surface area contributed by atoms with Gasteiger partial charge in [0.05, 0.1) is 29.6 Å². The number of hydrogen-bond acceptors (Lipinski definition) is 4. The summed E-state index contributed by atoms with van der Waals surface area (Å²) in [7, 11) is 1.70. The second-order valence-electron chi connectivity index (χ2n) is 8.56. The number of aliphatic imine (C=N–C) groups is 1. The minimum Gasteiger partial charge on any atom is -0.480 e. The van der Waals surface area contributed by atoms with Crippen LogP contribution in [0.2, 0.25) is 0 Å². The molecular weight excluding hydrogens is 346 g/mol. The van der Waals surface area contributed by atoms with Gasteiger partial charge in [-0.1, -0.05) is 19.9 Å². The molecular formula is C24H31N3O. The highest BCUT2D eigenvalue weighted by Crippen LogP contribution is 2.61. The molecule has 4 nitrogen and oxygen atoms in total. The van der Waals surface area contributed by atoms with E-state index in [1.165, 1.54) is 16.9 Å². The first-order chi connectivity index (χ1) is 13.4. The normalized spacial score (nSPS) is 25.4. The highest BCUT2D eigenvalue weighted by molar-refractivity contribution is 6.15. The van der Waals surface area contributed by atoms with Crippen molar-refractivity contribution in [3.63, 3.8) is 0 Å². The molecule has 0 radical (unpaired) electrons. The van der Waals surface area contributed by atoms with Gasteiger partial charge in [0.15, 0.2) is 0 Å². The lowest BCUT2D eigenvalue weighted by Crippen LogP contribution is -2.39. The molecule has 3 heterocycles. The first kappa shape index (κ1) is 19.0. The Bertz CT molecular complexity index is 908. The smallest absolute Gasteiger partial charge is 0.222 e. The molecule has 4 heteroatoms. The number of aromatic nitrogens is 1. The summed E-state index contributed by atoms with van der Waals surface area (Å²) in [6, 6.07) is 4.24. The quantitative estimate of drug-likeness (QED) is 0.475. The van der Waals surface area contributed by atoms with E-state index in [2.05, 4.69) is 57.5 Å². The summed E-state index contributed by atoms with van der Waals surface area (Å²) in [6.07, 6.45) is 7.67. The van der Waals surface area contributed by atoms with Crippen LogP contribution in [-0.2, 0) is 0 Å². The largest absolute Gasteiger partial charge is 0.480 e. The Kier molecular flexibility index (Phi) is 4.68. The Labute approximate surface area is 168 Å². The summed E-state index contributed by atoms with van der Waals surface area (Å²) in [5, 5.41) is 0. The number of pyridine rings is 1. The molecule has 3 aliphatic rings. The molecule has 0 amide bonds. The van der Waals surface area contributed by atoms with Crippen LogP contribution in [0.3, 0.4) is 0 Å². The van der Waals surface area contributed by atoms with E-state index in [9.17, 15) is 0 Å². The van der Waals surface area contributed by atoms with Gasteiger partial charge in [0, 0.05) is 24.4 Å². The average molecular weight is 378 g/mol. The topological polar surface area (TPSA) is 37.7 Å². The minimum absolute atomic E-state index is 0.0946. The number of unbranched alkanes of at least 4 members (excludes halogenated alkanes) is 1. The molecule has 148 valence electrons. The number of hydrogen-bond donors (Lipinski definition) is 0. The molecule has 1 fully saturated rings. The maximum Gasteiger partial charge on any atom is 0.222 e. The highest BCUT2D eigenvalue weighted by Gasteiger charge is 2.66. The van der Waals surface area contributed by atoms with E-state index in [1.54, 1.807) is 7.11 Å². The van der Waals surface area contributed by atoms with Crippen LogP contribution in [-0.4, -0.2) is 34.8 Å². The number of nitrogens with zero attached hydrogens (tertiary/aromatic N) is 3. The molecule has 1 aromatic heterocycles. The van der Waals surface area contributed by atoms with Crippen molar-refractivity contribution in [2.45, 2.75) is 58.4 Å². The Morgan fingerprint density at radius 1 is 1.36 bits per heavy atom. The molecule has 0 saturated heterocycles. The second kappa shape index (κ2) is 6.91. The lowest BCUT2D eigenvalue weighted by molar-refractivity contribution is 0.314. The van der Waals surface area contributed by atoms with E-state index in [4.69, 9.17) is 14.7 Å². The molecule has 0 bridgehead atoms. The summed E-state index contributed by atoms with van der Waals surface area (Å²) in [6.45, 7) is 13.7. The van der Waals surface area contributed by atoms with Crippen LogP contribution < -0.4 is 4.74 Å². The van der Waals surface area contributed by atoms with Crippen molar-refractivity contribution in [2.75, 3.05) is 13.7 Å². The van der Waals surface area contributed by atoms with Crippen LogP contribution >= 0.6 is 0 Å². The Morgan fingerprint density at radius 2 is 2.14 bits per heavy atom. The number of methoxy groups -OCH3 is 1. The van der Waals surface area contributed by atoms with Gasteiger partial charge >= 0.3 is 0 Å². The van der Waals surface area contributed by atoms with Crippen molar-refractivity contribution in [3.8, 4) is 5.88 Å². The Hall–Kier alpha value is -2.36. The number of allylic oxidation sites excluding steroid dienone is 1. The van der Waals surface area contributed by atoms with Gasteiger partial charge in [-0.15, -0.1) is 6.58 Å². The first-order valence-electron chi connectivity index (χ1n) is 10.4. The predicted octanol–water partition coefficient (Wildman–Crippen LogP) is 5.34. The maximum atomic E-state index is 5.66. The fourth-order valence-corrected chi connectivity index (χ4v) is 4.83. The fourth-order valence-electron chi connectivity index (χ4n) is 4.83. The zero-order valence-corrected chi connectivity index (χ0v) is 17.7. The van der Waals surface area contributed by atoms with Crippen LogP contribution in [0.15, 0.2) is 47.1 Å². The van der Waals surface area contributed by atoms with Crippen LogP contribution in [0.25, 0.3) is 5.70 Å². The monoisotopic (exact) mass is 377 g/mol. The van der Waals surface area contributed by atoms with Gasteiger partial charge in [0.25, 0.3) is 0 Å². The van der Waals surface area contributed by atoms with E-state index in [0.29, 0.717) is 17.7 Å². The van der Waals surface area contributed by atoms with Crippen LogP contribution in [0.4, 0.5) is 0 Å². The van der Waals surface area contributed by atoms with Crippen LogP contribution in [0, 0.1) is 5.92 Å². The van der Waals surface area contributed by atoms with Gasteiger partial charge in [-0.25, -0.2) is 9.98 Å². The van der Waals surface area contributed by atoms with Crippen molar-refractivity contribution in [3.05, 3.63) is 53.4 Å². The van der Waals surface area contributed by atoms with Gasteiger partial charge < -0.3 is 9.64 Å². The van der Waals surface area contributed by atoms with Gasteiger partial charge in [0.1, 0.15) is 0 Å².